The van der Waals surface area contributed by atoms with Crippen molar-refractivity contribution in [3.05, 3.63) is 11.4 Å². The number of fused-ring (bicyclic) bond motifs is 2. The number of carbonyl (C=O) groups excluding carboxylic acids is 1. The second-order valence-electron chi connectivity index (χ2n) is 6.67. The van der Waals surface area contributed by atoms with Crippen LogP contribution in [0.1, 0.15) is 44.0 Å². The van der Waals surface area contributed by atoms with Gasteiger partial charge in [-0.3, -0.25) is 9.36 Å². The van der Waals surface area contributed by atoms with Gasteiger partial charge in [-0.15, -0.1) is 0 Å². The molecule has 0 radical (unpaired) electrons. The molecule has 23 heavy (non-hydrogen) atoms. The van der Waals surface area contributed by atoms with Crippen molar-refractivity contribution < 1.29 is 4.79 Å². The Balaban J connectivity index is 1.65. The maximum absolute atomic E-state index is 12.3. The third kappa shape index (κ3) is 2.75. The highest BCUT2D eigenvalue weighted by Crippen LogP contribution is 2.49. The number of nitrogens with two attached hydrogens (primary N) is 1. The molecule has 2 saturated carbocycles. The van der Waals surface area contributed by atoms with E-state index in [-0.39, 0.29) is 35.8 Å². The van der Waals surface area contributed by atoms with Gasteiger partial charge in [0, 0.05) is 6.04 Å². The Morgan fingerprint density at radius 2 is 2.22 bits per heavy atom. The molecule has 2 aliphatic carbocycles. The van der Waals surface area contributed by atoms with E-state index >= 15 is 0 Å². The Labute approximate surface area is 135 Å². The summed E-state index contributed by atoms with van der Waals surface area (Å²) >= 11 is 0. The van der Waals surface area contributed by atoms with E-state index in [1.54, 1.807) is 0 Å². The summed E-state index contributed by atoms with van der Waals surface area (Å²) in [5, 5.41) is 21.1. The second-order valence-corrected chi connectivity index (χ2v) is 6.67. The molecule has 0 unspecified atom stereocenters. The van der Waals surface area contributed by atoms with Gasteiger partial charge in [-0.05, 0) is 43.9 Å². The van der Waals surface area contributed by atoms with E-state index < -0.39 is 0 Å². The Bertz CT molecular complexity index is 709. The number of nitrogens with one attached hydrogen (secondary N) is 1. The van der Waals surface area contributed by atoms with E-state index in [0.29, 0.717) is 5.92 Å². The molecule has 7 nitrogen and oxygen atoms in total. The minimum atomic E-state index is -0.203. The van der Waals surface area contributed by atoms with E-state index in [9.17, 15) is 4.79 Å². The van der Waals surface area contributed by atoms with Crippen LogP contribution < -0.4 is 11.1 Å². The molecule has 1 aromatic rings. The lowest BCUT2D eigenvalue weighted by atomic mass is 9.84. The quantitative estimate of drug-likeness (QED) is 0.864. The number of amides is 1. The number of hydrogen-bond acceptors (Lipinski definition) is 5. The third-order valence-electron chi connectivity index (χ3n) is 5.33. The van der Waals surface area contributed by atoms with Crippen LogP contribution in [0.4, 0.5) is 5.95 Å². The van der Waals surface area contributed by atoms with Crippen LogP contribution in [0.2, 0.25) is 0 Å². The standard InChI is InChI=1S/C16H20N6O/c1-9(12-5-10-2-3-11(12)4-10)20-15(23)8-22-14(7-18)13(6-17)21-16(22)19/h9-12H,2-5,8H2,1H3,(H2,19,21)(H,20,23)/t9-,10+,11+,12-/m1/s1. The summed E-state index contributed by atoms with van der Waals surface area (Å²) in [7, 11) is 0. The topological polar surface area (TPSA) is 121 Å². The number of anilines is 1. The van der Waals surface area contributed by atoms with Crippen molar-refractivity contribution in [2.75, 3.05) is 5.73 Å². The minimum Gasteiger partial charge on any atom is -0.369 e. The highest BCUT2D eigenvalue weighted by atomic mass is 16.2. The zero-order chi connectivity index (χ0) is 16.6. The number of nitrogen functional groups attached to an aromatic ring is 1. The van der Waals surface area contributed by atoms with Gasteiger partial charge in [-0.25, -0.2) is 4.98 Å². The zero-order valence-corrected chi connectivity index (χ0v) is 13.1. The number of hydrogen-bond donors (Lipinski definition) is 2. The van der Waals surface area contributed by atoms with Crippen LogP contribution in [0.5, 0.6) is 0 Å². The Kier molecular flexibility index (Phi) is 3.96. The first-order valence-electron chi connectivity index (χ1n) is 7.99. The van der Waals surface area contributed by atoms with Gasteiger partial charge in [0.05, 0.1) is 0 Å². The molecular formula is C16H20N6O. The Morgan fingerprint density at radius 3 is 2.78 bits per heavy atom. The van der Waals surface area contributed by atoms with Gasteiger partial charge in [0.1, 0.15) is 18.7 Å². The van der Waals surface area contributed by atoms with Gasteiger partial charge in [0.2, 0.25) is 11.9 Å². The molecule has 3 rings (SSSR count). The maximum Gasteiger partial charge on any atom is 0.240 e. The summed E-state index contributed by atoms with van der Waals surface area (Å²) in [6, 6.07) is 3.82. The van der Waals surface area contributed by atoms with E-state index in [4.69, 9.17) is 16.3 Å². The molecule has 2 fully saturated rings. The first kappa shape index (κ1) is 15.4. The molecule has 7 heteroatoms. The van der Waals surface area contributed by atoms with Crippen LogP contribution >= 0.6 is 0 Å². The predicted molar refractivity (Wildman–Crippen MR) is 82.6 cm³/mol. The van der Waals surface area contributed by atoms with Crippen LogP contribution in [0.15, 0.2) is 0 Å². The average molecular weight is 312 g/mol. The molecule has 120 valence electrons. The van der Waals surface area contributed by atoms with Crippen LogP contribution in [0.25, 0.3) is 0 Å². The molecule has 0 spiro atoms. The van der Waals surface area contributed by atoms with Gasteiger partial charge in [0.25, 0.3) is 0 Å². The van der Waals surface area contributed by atoms with Gasteiger partial charge in [-0.2, -0.15) is 10.5 Å². The van der Waals surface area contributed by atoms with E-state index in [0.717, 1.165) is 11.8 Å². The fraction of sp³-hybridized carbons (Fsp3) is 0.625. The monoisotopic (exact) mass is 312 g/mol. The number of nitriles is 2. The first-order chi connectivity index (χ1) is 11.0. The molecule has 0 saturated heterocycles. The molecule has 2 aliphatic rings. The van der Waals surface area contributed by atoms with Gasteiger partial charge in [0.15, 0.2) is 11.4 Å². The third-order valence-corrected chi connectivity index (χ3v) is 5.33. The van der Waals surface area contributed by atoms with E-state index in [1.807, 2.05) is 19.1 Å². The number of rotatable bonds is 4. The summed E-state index contributed by atoms with van der Waals surface area (Å²) < 4.78 is 1.29. The second kappa shape index (κ2) is 5.92. The number of imidazole rings is 1. The highest BCUT2D eigenvalue weighted by Gasteiger charge is 2.42. The lowest BCUT2D eigenvalue weighted by Gasteiger charge is -2.28. The molecule has 2 bridgehead atoms. The first-order valence-corrected chi connectivity index (χ1v) is 7.99. The largest absolute Gasteiger partial charge is 0.369 e. The summed E-state index contributed by atoms with van der Waals surface area (Å²) in [6.45, 7) is 1.96. The number of aromatic nitrogens is 2. The maximum atomic E-state index is 12.3. The summed E-state index contributed by atoms with van der Waals surface area (Å²) in [6.07, 6.45) is 5.09. The van der Waals surface area contributed by atoms with Gasteiger partial charge >= 0.3 is 0 Å². The van der Waals surface area contributed by atoms with Crippen molar-refractivity contribution in [1.29, 1.82) is 10.5 Å². The molecule has 1 aromatic heterocycles. The van der Waals surface area contributed by atoms with E-state index in [2.05, 4.69) is 10.3 Å². The normalized spacial score (nSPS) is 26.5. The average Bonchev–Trinajstić information content (AvgIpc) is 3.22. The smallest absolute Gasteiger partial charge is 0.240 e. The molecule has 1 amide bonds. The van der Waals surface area contributed by atoms with E-state index in [1.165, 1.54) is 30.3 Å². The fourth-order valence-electron chi connectivity index (χ4n) is 4.28. The molecule has 4 atom stereocenters. The SMILES string of the molecule is C[C@@H](NC(=O)Cn1c(N)nc(C#N)c1C#N)[C@H]1C[C@H]2CC[C@H]1C2. The number of carbonyl (C=O) groups is 1. The summed E-state index contributed by atoms with van der Waals surface area (Å²) in [5.41, 5.74) is 5.71. The van der Waals surface area contributed by atoms with Crippen molar-refractivity contribution in [2.45, 2.75) is 45.2 Å². The van der Waals surface area contributed by atoms with Crippen molar-refractivity contribution >= 4 is 11.9 Å². The molecule has 1 heterocycles. The highest BCUT2D eigenvalue weighted by molar-refractivity contribution is 5.76. The minimum absolute atomic E-state index is 0.0147. The Hall–Kier alpha value is -2.54. The fourth-order valence-corrected chi connectivity index (χ4v) is 4.28. The predicted octanol–water partition coefficient (Wildman–Crippen LogP) is 1.15. The van der Waals surface area contributed by atoms with Crippen molar-refractivity contribution in [3.63, 3.8) is 0 Å². The van der Waals surface area contributed by atoms with Crippen LogP contribution in [0.3, 0.4) is 0 Å². The van der Waals surface area contributed by atoms with Crippen LogP contribution in [-0.2, 0) is 11.3 Å². The van der Waals surface area contributed by atoms with Gasteiger partial charge in [-0.1, -0.05) is 6.42 Å². The van der Waals surface area contributed by atoms with Crippen LogP contribution in [0, 0.1) is 40.4 Å². The number of nitrogens with zero attached hydrogens (tertiary/aromatic N) is 4. The lowest BCUT2D eigenvalue weighted by molar-refractivity contribution is -0.122. The summed E-state index contributed by atoms with van der Waals surface area (Å²) in [5.74, 6) is 1.92. The van der Waals surface area contributed by atoms with Crippen molar-refractivity contribution in [3.8, 4) is 12.1 Å². The Morgan fingerprint density at radius 1 is 1.43 bits per heavy atom. The molecule has 0 aromatic carbocycles. The van der Waals surface area contributed by atoms with Crippen molar-refractivity contribution in [2.24, 2.45) is 17.8 Å². The zero-order valence-electron chi connectivity index (χ0n) is 13.1. The molecule has 3 N–H and O–H groups in total. The molecular weight excluding hydrogens is 292 g/mol. The van der Waals surface area contributed by atoms with Crippen molar-refractivity contribution in [1.82, 2.24) is 14.9 Å². The van der Waals surface area contributed by atoms with Crippen LogP contribution in [-0.4, -0.2) is 21.5 Å². The van der Waals surface area contributed by atoms with Gasteiger partial charge < -0.3 is 11.1 Å². The molecule has 0 aliphatic heterocycles. The summed E-state index contributed by atoms with van der Waals surface area (Å²) in [4.78, 5) is 16.1. The lowest BCUT2D eigenvalue weighted by Crippen LogP contribution is -2.41.